The monoisotopic (exact) mass is 524 g/mol. The molecule has 2 aromatic carbocycles. The zero-order valence-corrected chi connectivity index (χ0v) is 22.1. The lowest BCUT2D eigenvalue weighted by Crippen LogP contribution is -2.35. The maximum Gasteiger partial charge on any atom is 0.320 e. The van der Waals surface area contributed by atoms with E-state index in [1.807, 2.05) is 66.7 Å². The fourth-order valence-corrected chi connectivity index (χ4v) is 3.61. The van der Waals surface area contributed by atoms with E-state index >= 15 is 0 Å². The van der Waals surface area contributed by atoms with Gasteiger partial charge in [0.25, 0.3) is 0 Å². The highest BCUT2D eigenvalue weighted by atomic mass is 16.2. The molecule has 2 heterocycles. The summed E-state index contributed by atoms with van der Waals surface area (Å²) in [6.45, 7) is 1.77. The summed E-state index contributed by atoms with van der Waals surface area (Å²) in [5.74, 6) is 0.558. The summed E-state index contributed by atoms with van der Waals surface area (Å²) in [5, 5.41) is 11.1. The molecular weight excluding hydrogens is 488 g/mol. The van der Waals surface area contributed by atoms with Gasteiger partial charge in [0.15, 0.2) is 0 Å². The molecular formula is C31H36N6O2. The van der Waals surface area contributed by atoms with Crippen LogP contribution >= 0.6 is 0 Å². The van der Waals surface area contributed by atoms with Crippen molar-refractivity contribution in [2.24, 2.45) is 0 Å². The second kappa shape index (κ2) is 17.7. The van der Waals surface area contributed by atoms with Gasteiger partial charge in [-0.3, -0.25) is 10.3 Å². The van der Waals surface area contributed by atoms with E-state index in [2.05, 4.69) is 55.5 Å². The molecule has 4 N–H and O–H groups in total. The van der Waals surface area contributed by atoms with Crippen LogP contribution in [0, 0.1) is 0 Å². The van der Waals surface area contributed by atoms with Gasteiger partial charge >= 0.3 is 12.1 Å². The van der Waals surface area contributed by atoms with Crippen LogP contribution in [0.3, 0.4) is 0 Å². The highest BCUT2D eigenvalue weighted by molar-refractivity contribution is 5.88. The SMILES string of the molecule is O=C(NCCCc1ccccc1)NCc1ccccn1.O=C(NCCCc1ccccc1)Nc1ccccn1. The number of urea groups is 2. The first kappa shape index (κ1) is 28.8. The van der Waals surface area contributed by atoms with Crippen LogP contribution in [0.5, 0.6) is 0 Å². The fraction of sp³-hybridized carbons (Fsp3) is 0.226. The minimum Gasteiger partial charge on any atom is -0.338 e. The molecule has 4 amide bonds. The summed E-state index contributed by atoms with van der Waals surface area (Å²) in [4.78, 5) is 31.3. The van der Waals surface area contributed by atoms with Gasteiger partial charge in [-0.1, -0.05) is 72.8 Å². The van der Waals surface area contributed by atoms with Gasteiger partial charge in [-0.15, -0.1) is 0 Å². The molecule has 8 nitrogen and oxygen atoms in total. The third-order valence-electron chi connectivity index (χ3n) is 5.60. The van der Waals surface area contributed by atoms with Crippen LogP contribution in [0.1, 0.15) is 29.7 Å². The largest absolute Gasteiger partial charge is 0.338 e. The van der Waals surface area contributed by atoms with E-state index < -0.39 is 0 Å². The van der Waals surface area contributed by atoms with E-state index in [-0.39, 0.29) is 12.1 Å². The molecule has 0 aliphatic heterocycles. The van der Waals surface area contributed by atoms with Crippen LogP contribution in [-0.2, 0) is 19.4 Å². The first-order chi connectivity index (χ1) is 19.2. The number of anilines is 1. The van der Waals surface area contributed by atoms with Crippen LogP contribution in [-0.4, -0.2) is 35.1 Å². The summed E-state index contributed by atoms with van der Waals surface area (Å²) in [5.41, 5.74) is 3.43. The lowest BCUT2D eigenvalue weighted by Gasteiger charge is -2.07. The highest BCUT2D eigenvalue weighted by Crippen LogP contribution is 2.03. The molecule has 8 heteroatoms. The van der Waals surface area contributed by atoms with Crippen LogP contribution in [0.4, 0.5) is 15.4 Å². The maximum absolute atomic E-state index is 11.6. The fourth-order valence-electron chi connectivity index (χ4n) is 3.61. The van der Waals surface area contributed by atoms with E-state index in [1.165, 1.54) is 11.1 Å². The molecule has 202 valence electrons. The van der Waals surface area contributed by atoms with Gasteiger partial charge in [0.05, 0.1) is 12.2 Å². The third-order valence-corrected chi connectivity index (χ3v) is 5.60. The van der Waals surface area contributed by atoms with Gasteiger partial charge in [-0.2, -0.15) is 0 Å². The molecule has 2 aromatic heterocycles. The number of aromatic nitrogens is 2. The van der Waals surface area contributed by atoms with Crippen molar-refractivity contribution in [1.82, 2.24) is 25.9 Å². The van der Waals surface area contributed by atoms with Crippen molar-refractivity contribution in [2.45, 2.75) is 32.2 Å². The van der Waals surface area contributed by atoms with Gasteiger partial charge < -0.3 is 16.0 Å². The quantitative estimate of drug-likeness (QED) is 0.198. The Kier molecular flexibility index (Phi) is 13.1. The minimum atomic E-state index is -0.216. The van der Waals surface area contributed by atoms with Gasteiger partial charge in [0.1, 0.15) is 5.82 Å². The maximum atomic E-state index is 11.6. The number of hydrogen-bond donors (Lipinski definition) is 4. The molecule has 0 atom stereocenters. The lowest BCUT2D eigenvalue weighted by molar-refractivity contribution is 0.240. The highest BCUT2D eigenvalue weighted by Gasteiger charge is 2.02. The number of pyridine rings is 2. The Balaban J connectivity index is 0.000000216. The zero-order chi connectivity index (χ0) is 27.4. The normalized spacial score (nSPS) is 9.95. The van der Waals surface area contributed by atoms with Crippen LogP contribution < -0.4 is 21.3 Å². The second-order valence-electron chi connectivity index (χ2n) is 8.70. The summed E-state index contributed by atoms with van der Waals surface area (Å²) < 4.78 is 0. The van der Waals surface area contributed by atoms with E-state index in [0.717, 1.165) is 31.4 Å². The molecule has 39 heavy (non-hydrogen) atoms. The summed E-state index contributed by atoms with van der Waals surface area (Å²) in [6, 6.07) is 31.2. The molecule has 0 aliphatic rings. The zero-order valence-electron chi connectivity index (χ0n) is 22.1. The molecule has 0 saturated heterocycles. The molecule has 0 unspecified atom stereocenters. The first-order valence-electron chi connectivity index (χ1n) is 13.1. The van der Waals surface area contributed by atoms with Crippen molar-refractivity contribution in [3.8, 4) is 0 Å². The number of amides is 4. The number of carbonyl (C=O) groups excluding carboxylic acids is 2. The van der Waals surface area contributed by atoms with E-state index in [9.17, 15) is 9.59 Å². The number of carbonyl (C=O) groups is 2. The number of benzene rings is 2. The predicted octanol–water partition coefficient (Wildman–Crippen LogP) is 5.35. The number of aryl methyl sites for hydroxylation is 2. The van der Waals surface area contributed by atoms with Crippen molar-refractivity contribution >= 4 is 17.9 Å². The number of nitrogens with one attached hydrogen (secondary N) is 4. The standard InChI is InChI=1S/C16H19N3O.C15H17N3O/c20-16(19-13-15-10-4-5-11-17-15)18-12-6-9-14-7-2-1-3-8-14;19-15(18-14-10-4-5-11-16-14)17-12-6-9-13-7-2-1-3-8-13/h1-5,7-8,10-11H,6,9,12-13H2,(H2,18,19,20);1-5,7-8,10-11H,6,9,12H2,(H2,16,17,18,19). The molecule has 4 aromatic rings. The Morgan fingerprint density at radius 3 is 1.64 bits per heavy atom. The molecule has 0 aliphatic carbocycles. The van der Waals surface area contributed by atoms with E-state index in [0.29, 0.717) is 25.5 Å². The van der Waals surface area contributed by atoms with Crippen molar-refractivity contribution in [2.75, 3.05) is 18.4 Å². The molecule has 0 saturated carbocycles. The lowest BCUT2D eigenvalue weighted by atomic mass is 10.1. The van der Waals surface area contributed by atoms with Crippen LogP contribution in [0.15, 0.2) is 109 Å². The Morgan fingerprint density at radius 2 is 1.10 bits per heavy atom. The number of nitrogens with zero attached hydrogens (tertiary/aromatic N) is 2. The molecule has 0 radical (unpaired) electrons. The minimum absolute atomic E-state index is 0.149. The third kappa shape index (κ3) is 12.9. The van der Waals surface area contributed by atoms with Gasteiger partial charge in [0, 0.05) is 25.5 Å². The first-order valence-corrected chi connectivity index (χ1v) is 13.1. The van der Waals surface area contributed by atoms with Crippen LogP contribution in [0.2, 0.25) is 0 Å². The topological polar surface area (TPSA) is 108 Å². The molecule has 0 fully saturated rings. The average Bonchev–Trinajstić information content (AvgIpc) is 2.99. The van der Waals surface area contributed by atoms with Crippen molar-refractivity contribution in [3.63, 3.8) is 0 Å². The Labute approximate surface area is 230 Å². The van der Waals surface area contributed by atoms with Gasteiger partial charge in [0.2, 0.25) is 0 Å². The average molecular weight is 525 g/mol. The van der Waals surface area contributed by atoms with Gasteiger partial charge in [-0.25, -0.2) is 14.6 Å². The van der Waals surface area contributed by atoms with Gasteiger partial charge in [-0.05, 0) is 61.1 Å². The molecule has 4 rings (SSSR count). The summed E-state index contributed by atoms with van der Waals surface area (Å²) in [6.07, 6.45) is 7.15. The summed E-state index contributed by atoms with van der Waals surface area (Å²) in [7, 11) is 0. The molecule has 0 spiro atoms. The number of rotatable bonds is 11. The Morgan fingerprint density at radius 1 is 0.564 bits per heavy atom. The summed E-state index contributed by atoms with van der Waals surface area (Å²) >= 11 is 0. The van der Waals surface area contributed by atoms with E-state index in [1.54, 1.807) is 18.5 Å². The predicted molar refractivity (Wildman–Crippen MR) is 155 cm³/mol. The van der Waals surface area contributed by atoms with Crippen molar-refractivity contribution in [3.05, 3.63) is 126 Å². The Bertz CT molecular complexity index is 1210. The smallest absolute Gasteiger partial charge is 0.320 e. The Hall–Kier alpha value is -4.72. The second-order valence-corrected chi connectivity index (χ2v) is 8.70. The van der Waals surface area contributed by atoms with Crippen molar-refractivity contribution < 1.29 is 9.59 Å². The van der Waals surface area contributed by atoms with Crippen molar-refractivity contribution in [1.29, 1.82) is 0 Å². The van der Waals surface area contributed by atoms with E-state index in [4.69, 9.17) is 0 Å². The molecule has 0 bridgehead atoms. The van der Waals surface area contributed by atoms with Crippen LogP contribution in [0.25, 0.3) is 0 Å². The number of hydrogen-bond acceptors (Lipinski definition) is 4.